The maximum atomic E-state index is 14.0. The zero-order chi connectivity index (χ0) is 15.2. The molecule has 0 radical (unpaired) electrons. The zero-order valence-electron chi connectivity index (χ0n) is 12.0. The predicted octanol–water partition coefficient (Wildman–Crippen LogP) is 3.10. The fraction of sp³-hybridized carbons (Fsp3) is 0.312. The van der Waals surface area contributed by atoms with Crippen molar-refractivity contribution in [2.24, 2.45) is 0 Å². The number of hydrogen-bond acceptors (Lipinski definition) is 4. The molecule has 1 N–H and O–H groups in total. The van der Waals surface area contributed by atoms with Crippen LogP contribution in [-0.4, -0.2) is 23.8 Å². The van der Waals surface area contributed by atoms with E-state index >= 15 is 0 Å². The van der Waals surface area contributed by atoms with Crippen LogP contribution in [0.25, 0.3) is 0 Å². The van der Waals surface area contributed by atoms with Gasteiger partial charge in [-0.2, -0.15) is 0 Å². The lowest BCUT2D eigenvalue weighted by Crippen LogP contribution is -2.04. The largest absolute Gasteiger partial charge is 0.497 e. The molecule has 0 saturated carbocycles. The van der Waals surface area contributed by atoms with Crippen LogP contribution in [0.1, 0.15) is 30.6 Å². The van der Waals surface area contributed by atoms with E-state index in [0.717, 1.165) is 6.42 Å². The third kappa shape index (κ3) is 3.70. The Morgan fingerprint density at radius 1 is 1.24 bits per heavy atom. The molecule has 0 aliphatic rings. The Morgan fingerprint density at radius 2 is 2.05 bits per heavy atom. The average molecular weight is 291 g/mol. The van der Waals surface area contributed by atoms with Gasteiger partial charge in [-0.1, -0.05) is 6.92 Å². The van der Waals surface area contributed by atoms with Gasteiger partial charge in [-0.25, -0.2) is 4.39 Å². The third-order valence-electron chi connectivity index (χ3n) is 3.03. The van der Waals surface area contributed by atoms with Crippen molar-refractivity contribution in [3.63, 3.8) is 0 Å². The van der Waals surface area contributed by atoms with Crippen molar-refractivity contribution < 1.29 is 19.0 Å². The number of hydrogen-bond donors (Lipinski definition) is 1. The first-order valence-corrected chi connectivity index (χ1v) is 6.75. The zero-order valence-corrected chi connectivity index (χ0v) is 12.0. The first-order valence-electron chi connectivity index (χ1n) is 6.75. The lowest BCUT2D eigenvalue weighted by molar-refractivity contribution is 0.213. The van der Waals surface area contributed by atoms with E-state index in [-0.39, 0.29) is 5.56 Å². The quantitative estimate of drug-likeness (QED) is 0.888. The molecule has 1 atom stereocenters. The monoisotopic (exact) mass is 291 g/mol. The lowest BCUT2D eigenvalue weighted by Gasteiger charge is -2.14. The number of nitrogens with zero attached hydrogens (tertiary/aromatic N) is 1. The number of rotatable bonds is 6. The molecule has 0 fully saturated rings. The number of aromatic nitrogens is 1. The van der Waals surface area contributed by atoms with Gasteiger partial charge < -0.3 is 14.6 Å². The number of aliphatic hydroxyl groups is 1. The molecule has 1 unspecified atom stereocenters. The molecule has 0 saturated heterocycles. The van der Waals surface area contributed by atoms with Crippen molar-refractivity contribution >= 4 is 0 Å². The van der Waals surface area contributed by atoms with Crippen molar-refractivity contribution in [3.05, 3.63) is 53.6 Å². The summed E-state index contributed by atoms with van der Waals surface area (Å²) in [4.78, 5) is 4.02. The van der Waals surface area contributed by atoms with E-state index in [1.807, 2.05) is 6.92 Å². The number of methoxy groups -OCH3 is 1. The summed E-state index contributed by atoms with van der Waals surface area (Å²) in [7, 11) is 1.46. The van der Waals surface area contributed by atoms with Crippen LogP contribution in [0.15, 0.2) is 36.7 Å². The molecule has 21 heavy (non-hydrogen) atoms. The van der Waals surface area contributed by atoms with Gasteiger partial charge >= 0.3 is 0 Å². The minimum Gasteiger partial charge on any atom is -0.497 e. The maximum Gasteiger partial charge on any atom is 0.137 e. The highest BCUT2D eigenvalue weighted by Gasteiger charge is 2.16. The summed E-state index contributed by atoms with van der Waals surface area (Å²) >= 11 is 0. The van der Waals surface area contributed by atoms with Gasteiger partial charge in [0.1, 0.15) is 23.4 Å². The molecule has 0 aliphatic carbocycles. The number of pyridine rings is 1. The Labute approximate surface area is 123 Å². The summed E-state index contributed by atoms with van der Waals surface area (Å²) in [5, 5.41) is 10.3. The highest BCUT2D eigenvalue weighted by molar-refractivity contribution is 5.36. The highest BCUT2D eigenvalue weighted by atomic mass is 19.1. The fourth-order valence-corrected chi connectivity index (χ4v) is 1.92. The smallest absolute Gasteiger partial charge is 0.137 e. The van der Waals surface area contributed by atoms with E-state index in [2.05, 4.69) is 4.98 Å². The van der Waals surface area contributed by atoms with Crippen LogP contribution in [0, 0.1) is 5.82 Å². The van der Waals surface area contributed by atoms with E-state index in [4.69, 9.17) is 9.47 Å². The molecule has 1 aromatic carbocycles. The van der Waals surface area contributed by atoms with Gasteiger partial charge in [-0.15, -0.1) is 0 Å². The number of halogens is 1. The summed E-state index contributed by atoms with van der Waals surface area (Å²) < 4.78 is 24.4. The maximum absolute atomic E-state index is 14.0. The third-order valence-corrected chi connectivity index (χ3v) is 3.03. The van der Waals surface area contributed by atoms with Gasteiger partial charge in [-0.3, -0.25) is 4.98 Å². The second-order valence-corrected chi connectivity index (χ2v) is 4.59. The SMILES string of the molecule is CCCOc1cncc(C(O)c2ccc(OC)cc2F)c1. The fourth-order valence-electron chi connectivity index (χ4n) is 1.92. The second kappa shape index (κ2) is 7.04. The lowest BCUT2D eigenvalue weighted by atomic mass is 10.0. The summed E-state index contributed by atoms with van der Waals surface area (Å²) in [6, 6.07) is 6.01. The molecule has 4 nitrogen and oxygen atoms in total. The molecule has 1 aromatic heterocycles. The van der Waals surface area contributed by atoms with Crippen LogP contribution < -0.4 is 9.47 Å². The van der Waals surface area contributed by atoms with Crippen molar-refractivity contribution in [2.45, 2.75) is 19.4 Å². The van der Waals surface area contributed by atoms with E-state index in [0.29, 0.717) is 23.7 Å². The van der Waals surface area contributed by atoms with Gasteiger partial charge in [0, 0.05) is 23.4 Å². The minimum atomic E-state index is -1.10. The summed E-state index contributed by atoms with van der Waals surface area (Å²) in [6.45, 7) is 2.57. The molecule has 112 valence electrons. The Morgan fingerprint density at radius 3 is 2.71 bits per heavy atom. The number of aliphatic hydroxyl groups excluding tert-OH is 1. The van der Waals surface area contributed by atoms with Crippen molar-refractivity contribution in [3.8, 4) is 11.5 Å². The summed E-state index contributed by atoms with van der Waals surface area (Å²) in [5.74, 6) is 0.436. The van der Waals surface area contributed by atoms with Gasteiger partial charge in [0.2, 0.25) is 0 Å². The summed E-state index contributed by atoms with van der Waals surface area (Å²) in [5.41, 5.74) is 0.651. The molecule has 0 amide bonds. The van der Waals surface area contributed by atoms with Crippen LogP contribution in [0.3, 0.4) is 0 Å². The Kier molecular flexibility index (Phi) is 5.11. The molecular formula is C16H18FNO3. The van der Waals surface area contributed by atoms with Crippen LogP contribution in [-0.2, 0) is 0 Å². The predicted molar refractivity (Wildman–Crippen MR) is 77.0 cm³/mol. The molecule has 0 aliphatic heterocycles. The number of ether oxygens (including phenoxy) is 2. The Hall–Kier alpha value is -2.14. The normalized spacial score (nSPS) is 12.0. The average Bonchev–Trinajstić information content (AvgIpc) is 2.52. The van der Waals surface area contributed by atoms with Crippen molar-refractivity contribution in [1.29, 1.82) is 0 Å². The van der Waals surface area contributed by atoms with E-state index in [1.165, 1.54) is 25.4 Å². The van der Waals surface area contributed by atoms with Crippen LogP contribution in [0.5, 0.6) is 11.5 Å². The first-order chi connectivity index (χ1) is 10.2. The molecular weight excluding hydrogens is 273 g/mol. The first kappa shape index (κ1) is 15.3. The number of benzene rings is 1. The molecule has 5 heteroatoms. The molecule has 2 aromatic rings. The Balaban J connectivity index is 2.25. The standard InChI is InChI=1S/C16H18FNO3/c1-3-6-21-13-7-11(9-18-10-13)16(19)14-5-4-12(20-2)8-15(14)17/h4-5,7-10,16,19H,3,6H2,1-2H3. The van der Waals surface area contributed by atoms with Gasteiger partial charge in [-0.05, 0) is 24.6 Å². The van der Waals surface area contributed by atoms with E-state index < -0.39 is 11.9 Å². The minimum absolute atomic E-state index is 0.172. The van der Waals surface area contributed by atoms with E-state index in [9.17, 15) is 9.50 Å². The van der Waals surface area contributed by atoms with Gasteiger partial charge in [0.25, 0.3) is 0 Å². The van der Waals surface area contributed by atoms with Crippen LogP contribution in [0.2, 0.25) is 0 Å². The molecule has 0 spiro atoms. The van der Waals surface area contributed by atoms with Crippen molar-refractivity contribution in [2.75, 3.05) is 13.7 Å². The highest BCUT2D eigenvalue weighted by Crippen LogP contribution is 2.28. The molecule has 0 bridgehead atoms. The van der Waals surface area contributed by atoms with Crippen molar-refractivity contribution in [1.82, 2.24) is 4.98 Å². The Bertz CT molecular complexity index is 604. The van der Waals surface area contributed by atoms with Crippen LogP contribution in [0.4, 0.5) is 4.39 Å². The van der Waals surface area contributed by atoms with E-state index in [1.54, 1.807) is 18.3 Å². The second-order valence-electron chi connectivity index (χ2n) is 4.59. The van der Waals surface area contributed by atoms with Gasteiger partial charge in [0.15, 0.2) is 0 Å². The van der Waals surface area contributed by atoms with Crippen LogP contribution >= 0.6 is 0 Å². The summed E-state index contributed by atoms with van der Waals surface area (Å²) in [6.07, 6.45) is 2.83. The van der Waals surface area contributed by atoms with Gasteiger partial charge in [0.05, 0.1) is 19.9 Å². The topological polar surface area (TPSA) is 51.6 Å². The molecule has 2 rings (SSSR count). The molecule has 1 heterocycles.